The van der Waals surface area contributed by atoms with Crippen molar-refractivity contribution in [3.05, 3.63) is 40.8 Å². The molecule has 1 aromatic carbocycles. The van der Waals surface area contributed by atoms with Crippen LogP contribution in [0.2, 0.25) is 0 Å². The first-order valence-electron chi connectivity index (χ1n) is 7.92. The van der Waals surface area contributed by atoms with Gasteiger partial charge in [0.05, 0.1) is 4.88 Å². The van der Waals surface area contributed by atoms with Gasteiger partial charge in [-0.15, -0.1) is 0 Å². The summed E-state index contributed by atoms with van der Waals surface area (Å²) < 4.78 is 0. The molecule has 1 saturated heterocycles. The molecule has 114 valence electrons. The summed E-state index contributed by atoms with van der Waals surface area (Å²) in [6.45, 7) is 2.16. The van der Waals surface area contributed by atoms with Gasteiger partial charge in [-0.25, -0.2) is 4.98 Å². The molecule has 22 heavy (non-hydrogen) atoms. The van der Waals surface area contributed by atoms with E-state index in [1.54, 1.807) is 11.3 Å². The van der Waals surface area contributed by atoms with Gasteiger partial charge in [-0.1, -0.05) is 41.7 Å². The summed E-state index contributed by atoms with van der Waals surface area (Å²) >= 11 is 1.75. The number of carbonyl (C=O) groups is 1. The lowest BCUT2D eigenvalue weighted by Gasteiger charge is -2.25. The Morgan fingerprint density at radius 3 is 2.68 bits per heavy atom. The lowest BCUT2D eigenvalue weighted by molar-refractivity contribution is -0.116. The number of hydrogen-bond acceptors (Lipinski definition) is 4. The summed E-state index contributed by atoms with van der Waals surface area (Å²) in [5.74, 6) is 0.980. The smallest absolute Gasteiger partial charge is 0.226 e. The van der Waals surface area contributed by atoms with Crippen LogP contribution in [0.1, 0.15) is 42.0 Å². The minimum Gasteiger partial charge on any atom is -0.348 e. The van der Waals surface area contributed by atoms with Gasteiger partial charge in [0.1, 0.15) is 5.82 Å². The highest BCUT2D eigenvalue weighted by atomic mass is 32.1. The van der Waals surface area contributed by atoms with E-state index in [0.29, 0.717) is 6.42 Å². The second-order valence-electron chi connectivity index (χ2n) is 5.97. The molecular formula is C17H19N3OS. The van der Waals surface area contributed by atoms with Gasteiger partial charge in [0, 0.05) is 25.4 Å². The highest BCUT2D eigenvalue weighted by Crippen LogP contribution is 2.43. The van der Waals surface area contributed by atoms with E-state index in [4.69, 9.17) is 4.98 Å². The molecule has 3 heterocycles. The van der Waals surface area contributed by atoms with Crippen LogP contribution in [-0.4, -0.2) is 24.0 Å². The topological polar surface area (TPSA) is 45.2 Å². The van der Waals surface area contributed by atoms with Crippen molar-refractivity contribution < 1.29 is 4.79 Å². The third-order valence-electron chi connectivity index (χ3n) is 4.43. The second-order valence-corrected chi connectivity index (χ2v) is 6.98. The minimum absolute atomic E-state index is 0.0665. The van der Waals surface area contributed by atoms with E-state index in [2.05, 4.69) is 22.3 Å². The Morgan fingerprint density at radius 2 is 1.91 bits per heavy atom. The molecule has 1 N–H and O–H groups in total. The molecule has 2 aliphatic heterocycles. The van der Waals surface area contributed by atoms with E-state index < -0.39 is 0 Å². The molecule has 0 unspecified atom stereocenters. The lowest BCUT2D eigenvalue weighted by Crippen LogP contribution is -2.29. The molecule has 0 radical (unpaired) electrons. The van der Waals surface area contributed by atoms with E-state index >= 15 is 0 Å². The van der Waals surface area contributed by atoms with Crippen LogP contribution in [0.3, 0.4) is 0 Å². The van der Waals surface area contributed by atoms with Crippen molar-refractivity contribution in [3.8, 4) is 0 Å². The number of piperidine rings is 1. The molecule has 2 aliphatic rings. The number of rotatable bonds is 2. The molecule has 2 aromatic rings. The molecule has 1 atom stereocenters. The normalized spacial score (nSPS) is 21.4. The fraction of sp³-hybridized carbons (Fsp3) is 0.412. The Labute approximate surface area is 134 Å². The molecule has 1 aromatic heterocycles. The molecule has 1 fully saturated rings. The number of hydrogen-bond donors (Lipinski definition) is 1. The third-order valence-corrected chi connectivity index (χ3v) is 5.66. The van der Waals surface area contributed by atoms with Crippen LogP contribution in [0.15, 0.2) is 30.3 Å². The van der Waals surface area contributed by atoms with Crippen molar-refractivity contribution in [1.82, 2.24) is 4.98 Å². The number of carbonyl (C=O) groups excluding carboxylic acids is 1. The highest BCUT2D eigenvalue weighted by Gasteiger charge is 2.31. The molecular weight excluding hydrogens is 294 g/mol. The average molecular weight is 313 g/mol. The minimum atomic E-state index is 0.0665. The number of benzene rings is 1. The number of amides is 1. The molecule has 0 saturated carbocycles. The molecule has 0 bridgehead atoms. The summed E-state index contributed by atoms with van der Waals surface area (Å²) in [6, 6.07) is 10.3. The predicted molar refractivity (Wildman–Crippen MR) is 89.7 cm³/mol. The lowest BCUT2D eigenvalue weighted by atomic mass is 9.92. The summed E-state index contributed by atoms with van der Waals surface area (Å²) in [4.78, 5) is 20.3. The van der Waals surface area contributed by atoms with Crippen LogP contribution in [0.4, 0.5) is 10.9 Å². The Kier molecular flexibility index (Phi) is 3.58. The van der Waals surface area contributed by atoms with Crippen LogP contribution in [-0.2, 0) is 4.79 Å². The highest BCUT2D eigenvalue weighted by molar-refractivity contribution is 7.16. The maximum Gasteiger partial charge on any atom is 0.226 e. The van der Waals surface area contributed by atoms with Gasteiger partial charge in [0.25, 0.3) is 0 Å². The first-order chi connectivity index (χ1) is 10.8. The zero-order chi connectivity index (χ0) is 14.9. The number of anilines is 2. The Morgan fingerprint density at radius 1 is 1.14 bits per heavy atom. The predicted octanol–water partition coefficient (Wildman–Crippen LogP) is 3.61. The standard InChI is InChI=1S/C17H19N3OS/c21-14-11-13(12-7-3-1-4-8-12)15-16(18-14)19-17(22-15)20-9-5-2-6-10-20/h1,3-4,7-8,13H,2,5-6,9-11H2,(H,18,21)/t13-/m1/s1. The van der Waals surface area contributed by atoms with E-state index in [1.165, 1.54) is 29.7 Å². The van der Waals surface area contributed by atoms with Crippen molar-refractivity contribution in [1.29, 1.82) is 0 Å². The number of aromatic nitrogens is 1. The van der Waals surface area contributed by atoms with Gasteiger partial charge in [-0.3, -0.25) is 4.79 Å². The van der Waals surface area contributed by atoms with Crippen molar-refractivity contribution >= 4 is 28.2 Å². The first-order valence-corrected chi connectivity index (χ1v) is 8.73. The van der Waals surface area contributed by atoms with E-state index in [0.717, 1.165) is 24.0 Å². The van der Waals surface area contributed by atoms with Crippen LogP contribution in [0, 0.1) is 0 Å². The largest absolute Gasteiger partial charge is 0.348 e. The van der Waals surface area contributed by atoms with Crippen molar-refractivity contribution in [3.63, 3.8) is 0 Å². The molecule has 4 rings (SSSR count). The Hall–Kier alpha value is -1.88. The van der Waals surface area contributed by atoms with Gasteiger partial charge < -0.3 is 10.2 Å². The van der Waals surface area contributed by atoms with E-state index in [-0.39, 0.29) is 11.8 Å². The summed E-state index contributed by atoms with van der Waals surface area (Å²) in [5.41, 5.74) is 1.20. The molecule has 0 aliphatic carbocycles. The number of thiazole rings is 1. The maximum absolute atomic E-state index is 12.0. The summed E-state index contributed by atoms with van der Waals surface area (Å²) in [6.07, 6.45) is 4.29. The fourth-order valence-electron chi connectivity index (χ4n) is 3.28. The van der Waals surface area contributed by atoms with Gasteiger partial charge >= 0.3 is 0 Å². The average Bonchev–Trinajstić information content (AvgIpc) is 2.99. The van der Waals surface area contributed by atoms with Gasteiger partial charge in [0.15, 0.2) is 5.13 Å². The monoisotopic (exact) mass is 313 g/mol. The van der Waals surface area contributed by atoms with Gasteiger partial charge in [-0.2, -0.15) is 0 Å². The van der Waals surface area contributed by atoms with Crippen LogP contribution in [0.5, 0.6) is 0 Å². The first kappa shape index (κ1) is 13.8. The summed E-state index contributed by atoms with van der Waals surface area (Å²) in [5, 5.41) is 4.02. The molecule has 4 nitrogen and oxygen atoms in total. The van der Waals surface area contributed by atoms with E-state index in [9.17, 15) is 4.79 Å². The Balaban J connectivity index is 1.70. The van der Waals surface area contributed by atoms with Crippen LogP contribution < -0.4 is 10.2 Å². The van der Waals surface area contributed by atoms with Crippen molar-refractivity contribution in [2.75, 3.05) is 23.3 Å². The Bertz CT molecular complexity index is 676. The number of nitrogens with one attached hydrogen (secondary N) is 1. The molecule has 0 spiro atoms. The quantitative estimate of drug-likeness (QED) is 0.921. The van der Waals surface area contributed by atoms with E-state index in [1.807, 2.05) is 18.2 Å². The summed E-state index contributed by atoms with van der Waals surface area (Å²) in [7, 11) is 0. The maximum atomic E-state index is 12.0. The van der Waals surface area contributed by atoms with Crippen LogP contribution in [0.25, 0.3) is 0 Å². The number of nitrogens with zero attached hydrogens (tertiary/aromatic N) is 2. The van der Waals surface area contributed by atoms with Gasteiger partial charge in [-0.05, 0) is 24.8 Å². The molecule has 5 heteroatoms. The molecule has 1 amide bonds. The van der Waals surface area contributed by atoms with Crippen LogP contribution >= 0.6 is 11.3 Å². The van der Waals surface area contributed by atoms with Crippen molar-refractivity contribution in [2.24, 2.45) is 0 Å². The van der Waals surface area contributed by atoms with Crippen molar-refractivity contribution in [2.45, 2.75) is 31.6 Å². The SMILES string of the molecule is O=C1C[C@H](c2ccccc2)c2sc(N3CCCCC3)nc2N1. The second kappa shape index (κ2) is 5.72. The van der Waals surface area contributed by atoms with Gasteiger partial charge in [0.2, 0.25) is 5.91 Å². The fourth-order valence-corrected chi connectivity index (χ4v) is 4.48. The zero-order valence-corrected chi connectivity index (χ0v) is 13.2. The zero-order valence-electron chi connectivity index (χ0n) is 12.4. The third kappa shape index (κ3) is 2.50. The number of fused-ring (bicyclic) bond motifs is 1.